The van der Waals surface area contributed by atoms with Crippen LogP contribution < -0.4 is 21.7 Å². The van der Waals surface area contributed by atoms with Crippen LogP contribution in [0, 0.1) is 11.8 Å². The summed E-state index contributed by atoms with van der Waals surface area (Å²) in [5, 5.41) is 34.4. The zero-order valence-corrected chi connectivity index (χ0v) is 19.9. The third kappa shape index (κ3) is 10.6. The van der Waals surface area contributed by atoms with Gasteiger partial charge in [-0.2, -0.15) is 0 Å². The molecule has 6 atom stereocenters. The lowest BCUT2D eigenvalue weighted by molar-refractivity contribution is -0.144. The van der Waals surface area contributed by atoms with E-state index in [9.17, 15) is 33.9 Å². The van der Waals surface area contributed by atoms with Crippen LogP contribution in [-0.2, 0) is 28.8 Å². The number of nitrogens with one attached hydrogen (secondary N) is 3. The minimum absolute atomic E-state index is 0.320. The molecule has 0 aliphatic rings. The Kier molecular flexibility index (Phi) is 13.4. The zero-order chi connectivity index (χ0) is 26.6. The standard InChI is InChI=1S/C21H36N4O9/c1-5-10(3)16(24-18(30)12(22)9-15(28)29)20(32)23-13(7-8-14(26)27)19(31)25-17(21(33)34)11(4)6-2/h10-13,16-17H,5-9,22H2,1-4H3,(H,23,32)(H,24,30)(H,25,31)(H,26,27)(H,28,29)(H,33,34). The van der Waals surface area contributed by atoms with Crippen LogP contribution in [0.3, 0.4) is 0 Å². The van der Waals surface area contributed by atoms with E-state index in [1.54, 1.807) is 27.7 Å². The van der Waals surface area contributed by atoms with Gasteiger partial charge in [0.1, 0.15) is 18.1 Å². The second-order valence-corrected chi connectivity index (χ2v) is 8.28. The Balaban J connectivity index is 5.68. The Morgan fingerprint density at radius 2 is 1.24 bits per heavy atom. The Hall–Kier alpha value is -3.22. The first-order chi connectivity index (χ1) is 15.7. The van der Waals surface area contributed by atoms with Gasteiger partial charge in [0.2, 0.25) is 17.7 Å². The van der Waals surface area contributed by atoms with Crippen LogP contribution in [0.4, 0.5) is 0 Å². The molecule has 0 rings (SSSR count). The van der Waals surface area contributed by atoms with Crippen molar-refractivity contribution in [3.8, 4) is 0 Å². The van der Waals surface area contributed by atoms with Gasteiger partial charge >= 0.3 is 17.9 Å². The highest BCUT2D eigenvalue weighted by Crippen LogP contribution is 2.12. The van der Waals surface area contributed by atoms with Crippen LogP contribution in [0.5, 0.6) is 0 Å². The molecule has 0 radical (unpaired) electrons. The maximum Gasteiger partial charge on any atom is 0.326 e. The van der Waals surface area contributed by atoms with Gasteiger partial charge < -0.3 is 37.0 Å². The zero-order valence-electron chi connectivity index (χ0n) is 19.9. The minimum Gasteiger partial charge on any atom is -0.481 e. The molecule has 0 fully saturated rings. The van der Waals surface area contributed by atoms with Crippen molar-refractivity contribution in [2.24, 2.45) is 17.6 Å². The normalized spacial score (nSPS) is 16.1. The fourth-order valence-electron chi connectivity index (χ4n) is 2.98. The number of rotatable bonds is 16. The Morgan fingerprint density at radius 1 is 0.735 bits per heavy atom. The van der Waals surface area contributed by atoms with E-state index < -0.39 is 84.5 Å². The van der Waals surface area contributed by atoms with Gasteiger partial charge in [0.15, 0.2) is 0 Å². The maximum atomic E-state index is 13.0. The number of carbonyl (C=O) groups is 6. The molecule has 0 aromatic carbocycles. The first-order valence-electron chi connectivity index (χ1n) is 11.1. The number of amides is 3. The predicted octanol–water partition coefficient (Wildman–Crippen LogP) is -0.716. The fraction of sp³-hybridized carbons (Fsp3) is 0.714. The van der Waals surface area contributed by atoms with Crippen molar-refractivity contribution in [2.75, 3.05) is 0 Å². The van der Waals surface area contributed by atoms with Crippen molar-refractivity contribution >= 4 is 35.6 Å². The number of nitrogens with two attached hydrogens (primary N) is 1. The lowest BCUT2D eigenvalue weighted by Gasteiger charge is -2.28. The van der Waals surface area contributed by atoms with Crippen molar-refractivity contribution < 1.29 is 44.1 Å². The van der Waals surface area contributed by atoms with Crippen molar-refractivity contribution in [3.63, 3.8) is 0 Å². The van der Waals surface area contributed by atoms with Crippen LogP contribution in [0.25, 0.3) is 0 Å². The summed E-state index contributed by atoms with van der Waals surface area (Å²) in [6.45, 7) is 6.75. The molecular formula is C21H36N4O9. The summed E-state index contributed by atoms with van der Waals surface area (Å²) < 4.78 is 0. The van der Waals surface area contributed by atoms with E-state index in [-0.39, 0.29) is 6.42 Å². The Labute approximate surface area is 197 Å². The molecule has 0 aromatic rings. The third-order valence-electron chi connectivity index (χ3n) is 5.58. The van der Waals surface area contributed by atoms with E-state index in [2.05, 4.69) is 16.0 Å². The topological polar surface area (TPSA) is 225 Å². The van der Waals surface area contributed by atoms with Crippen LogP contribution >= 0.6 is 0 Å². The molecule has 0 saturated heterocycles. The summed E-state index contributed by atoms with van der Waals surface area (Å²) in [7, 11) is 0. The SMILES string of the molecule is CCC(C)C(NC(=O)C(CCC(=O)O)NC(=O)C(NC(=O)C(N)CC(=O)O)C(C)CC)C(=O)O. The number of hydrogen-bond acceptors (Lipinski definition) is 7. The quantitative estimate of drug-likeness (QED) is 0.144. The maximum absolute atomic E-state index is 13.0. The molecule has 0 aliphatic heterocycles. The minimum atomic E-state index is -1.41. The van der Waals surface area contributed by atoms with Crippen molar-refractivity contribution in [1.82, 2.24) is 16.0 Å². The molecule has 0 aliphatic carbocycles. The van der Waals surface area contributed by atoms with Gasteiger partial charge in [-0.15, -0.1) is 0 Å². The number of carboxylic acids is 3. The second-order valence-electron chi connectivity index (χ2n) is 8.28. The van der Waals surface area contributed by atoms with Gasteiger partial charge in [-0.25, -0.2) is 4.79 Å². The average Bonchev–Trinajstić information content (AvgIpc) is 2.75. The molecule has 3 amide bonds. The molecule has 13 heteroatoms. The van der Waals surface area contributed by atoms with E-state index in [0.29, 0.717) is 12.8 Å². The molecular weight excluding hydrogens is 452 g/mol. The summed E-state index contributed by atoms with van der Waals surface area (Å²) in [4.78, 5) is 71.4. The smallest absolute Gasteiger partial charge is 0.326 e. The molecule has 0 saturated carbocycles. The van der Waals surface area contributed by atoms with Crippen LogP contribution in [-0.4, -0.2) is 75.1 Å². The van der Waals surface area contributed by atoms with Gasteiger partial charge in [0.05, 0.1) is 12.5 Å². The van der Waals surface area contributed by atoms with Gasteiger partial charge in [-0.05, 0) is 18.3 Å². The molecule has 0 spiro atoms. The first kappa shape index (κ1) is 30.8. The lowest BCUT2D eigenvalue weighted by Crippen LogP contribution is -2.59. The van der Waals surface area contributed by atoms with Crippen molar-refractivity contribution in [2.45, 2.75) is 84.0 Å². The van der Waals surface area contributed by atoms with Crippen molar-refractivity contribution in [3.05, 3.63) is 0 Å². The highest BCUT2D eigenvalue weighted by Gasteiger charge is 2.33. The van der Waals surface area contributed by atoms with Crippen molar-refractivity contribution in [1.29, 1.82) is 0 Å². The van der Waals surface area contributed by atoms with Gasteiger partial charge in [-0.3, -0.25) is 24.0 Å². The summed E-state index contributed by atoms with van der Waals surface area (Å²) in [6, 6.07) is -5.23. The summed E-state index contributed by atoms with van der Waals surface area (Å²) in [5.41, 5.74) is 5.55. The molecule has 13 nitrogen and oxygen atoms in total. The molecule has 34 heavy (non-hydrogen) atoms. The number of hydrogen-bond donors (Lipinski definition) is 7. The summed E-state index contributed by atoms with van der Waals surface area (Å²) in [6.07, 6.45) is -0.588. The van der Waals surface area contributed by atoms with Crippen LogP contribution in [0.2, 0.25) is 0 Å². The Morgan fingerprint density at radius 3 is 1.68 bits per heavy atom. The molecule has 0 heterocycles. The van der Waals surface area contributed by atoms with Gasteiger partial charge in [0, 0.05) is 6.42 Å². The fourth-order valence-corrected chi connectivity index (χ4v) is 2.98. The highest BCUT2D eigenvalue weighted by molar-refractivity contribution is 5.95. The van der Waals surface area contributed by atoms with Gasteiger partial charge in [-0.1, -0.05) is 40.5 Å². The third-order valence-corrected chi connectivity index (χ3v) is 5.58. The molecule has 8 N–H and O–H groups in total. The highest BCUT2D eigenvalue weighted by atomic mass is 16.4. The van der Waals surface area contributed by atoms with E-state index in [1.165, 1.54) is 0 Å². The van der Waals surface area contributed by atoms with Gasteiger partial charge in [0.25, 0.3) is 0 Å². The number of carbonyl (C=O) groups excluding carboxylic acids is 3. The summed E-state index contributed by atoms with van der Waals surface area (Å²) >= 11 is 0. The molecule has 0 aromatic heterocycles. The lowest BCUT2D eigenvalue weighted by atomic mass is 9.96. The largest absolute Gasteiger partial charge is 0.481 e. The molecule has 0 bridgehead atoms. The summed E-state index contributed by atoms with van der Waals surface area (Å²) in [5.74, 6) is -7.25. The first-order valence-corrected chi connectivity index (χ1v) is 11.1. The van der Waals surface area contributed by atoms with E-state index in [0.717, 1.165) is 0 Å². The van der Waals surface area contributed by atoms with E-state index in [1.807, 2.05) is 0 Å². The second kappa shape index (κ2) is 14.8. The van der Waals surface area contributed by atoms with Crippen LogP contribution in [0.1, 0.15) is 59.8 Å². The van der Waals surface area contributed by atoms with E-state index in [4.69, 9.17) is 15.9 Å². The monoisotopic (exact) mass is 488 g/mol. The number of carboxylic acid groups (broad SMARTS) is 3. The van der Waals surface area contributed by atoms with Crippen LogP contribution in [0.15, 0.2) is 0 Å². The van der Waals surface area contributed by atoms with E-state index >= 15 is 0 Å². The number of aliphatic carboxylic acids is 3. The Bertz CT molecular complexity index is 759. The average molecular weight is 489 g/mol. The molecule has 6 unspecified atom stereocenters. The predicted molar refractivity (Wildman–Crippen MR) is 119 cm³/mol. The molecule has 194 valence electrons.